The van der Waals surface area contributed by atoms with Crippen LogP contribution in [-0.4, -0.2) is 17.5 Å². The molecule has 0 spiro atoms. The average molecular weight is 133 g/mol. The third kappa shape index (κ3) is 1890. The molecule has 8 N–H and O–H groups in total. The Hall–Kier alpha value is -0.210. The molecule has 0 radical (unpaired) electrons. The van der Waals surface area contributed by atoms with Crippen LogP contribution >= 0.6 is 0 Å². The Balaban J connectivity index is -0.0000000800. The van der Waals surface area contributed by atoms with Gasteiger partial charge in [0.25, 0.3) is 0 Å². The Morgan fingerprint density at radius 2 is 1.29 bits per heavy atom. The van der Waals surface area contributed by atoms with Crippen molar-refractivity contribution in [3.63, 3.8) is 0 Å². The van der Waals surface area contributed by atoms with E-state index >= 15 is 0 Å². The lowest BCUT2D eigenvalue weighted by Gasteiger charge is -1.68. The molecule has 0 aromatic carbocycles. The lowest BCUT2D eigenvalue weighted by molar-refractivity contribution is 0.381. The van der Waals surface area contributed by atoms with Gasteiger partial charge in [0.1, 0.15) is 0 Å². The minimum atomic E-state index is -4.67. The summed E-state index contributed by atoms with van der Waals surface area (Å²) >= 11 is 0. The molecule has 0 unspecified atom stereocenters. The topological polar surface area (TPSA) is 145 Å². The van der Waals surface area contributed by atoms with Crippen LogP contribution in [0, 0.1) is 0 Å². The van der Waals surface area contributed by atoms with Gasteiger partial charge in [-0.2, -0.15) is 8.42 Å². The largest absolute Gasteiger partial charge is 0.394 e. The fraction of sp³-hybridized carbons (Fsp3) is 0. The minimum absolute atomic E-state index is 0. The maximum absolute atomic E-state index is 8.74. The van der Waals surface area contributed by atoms with E-state index in [0.717, 1.165) is 0 Å². The summed E-state index contributed by atoms with van der Waals surface area (Å²) in [6.07, 6.45) is 0. The summed E-state index contributed by atoms with van der Waals surface area (Å²) in [5, 5.41) is 0. The molecule has 6 nitrogen and oxygen atoms in total. The standard InChI is InChI=1S/2H3N.H2O4S/c;;1-5(2,3)4/h2*1H3;(H2,1,2,3,4)/i;;1+1. The maximum Gasteiger partial charge on any atom is 0.394 e. The molecule has 0 saturated heterocycles. The zero-order valence-corrected chi connectivity index (χ0v) is 4.35. The van der Waals surface area contributed by atoms with Crippen LogP contribution in [0.3, 0.4) is 0 Å². The van der Waals surface area contributed by atoms with Crippen LogP contribution in [0.5, 0.6) is 0 Å². The molecule has 0 aromatic heterocycles. The molecule has 7 heavy (non-hydrogen) atoms. The monoisotopic (exact) mass is 133 g/mol. The van der Waals surface area contributed by atoms with Crippen molar-refractivity contribution < 1.29 is 17.5 Å². The molecule has 48 valence electrons. The quantitative estimate of drug-likeness (QED) is 0.333. The highest BCUT2D eigenvalue weighted by Crippen LogP contribution is 1.59. The van der Waals surface area contributed by atoms with Gasteiger partial charge in [-0.15, -0.1) is 0 Å². The highest BCUT2D eigenvalue weighted by Gasteiger charge is 1.84. The Bertz CT molecular complexity index is 92.9. The van der Waals surface area contributed by atoms with E-state index in [-0.39, 0.29) is 12.3 Å². The first kappa shape index (κ1) is 15.8. The molecule has 0 fully saturated rings. The molecular weight excluding hydrogens is 125 g/mol. The molecule has 0 heterocycles. The summed E-state index contributed by atoms with van der Waals surface area (Å²) < 4.78 is 31.6. The molecule has 0 bridgehead atoms. The van der Waals surface area contributed by atoms with Crippen molar-refractivity contribution in [3.8, 4) is 0 Å². The normalized spacial score (nSPS) is 8.29. The van der Waals surface area contributed by atoms with E-state index in [4.69, 9.17) is 17.5 Å². The van der Waals surface area contributed by atoms with E-state index in [0.29, 0.717) is 0 Å². The summed E-state index contributed by atoms with van der Waals surface area (Å²) in [7, 11) is -4.67. The van der Waals surface area contributed by atoms with Gasteiger partial charge < -0.3 is 12.3 Å². The first-order valence-corrected chi connectivity index (χ1v) is 2.10. The molecule has 0 aliphatic carbocycles. The smallest absolute Gasteiger partial charge is 0.344 e. The van der Waals surface area contributed by atoms with E-state index in [1.807, 2.05) is 0 Å². The molecular formula is H8N2O4S. The van der Waals surface area contributed by atoms with Gasteiger partial charge in [-0.3, -0.25) is 9.11 Å². The summed E-state index contributed by atoms with van der Waals surface area (Å²) in [4.78, 5) is 0. The molecule has 0 rings (SSSR count). The van der Waals surface area contributed by atoms with Gasteiger partial charge in [0, 0.05) is 0 Å². The van der Waals surface area contributed by atoms with E-state index in [9.17, 15) is 0 Å². The fourth-order valence-electron chi connectivity index (χ4n) is 0. The van der Waals surface area contributed by atoms with Crippen LogP contribution in [0.25, 0.3) is 0 Å². The Morgan fingerprint density at radius 3 is 1.29 bits per heavy atom. The third-order valence-corrected chi connectivity index (χ3v) is 0. The first-order valence-electron chi connectivity index (χ1n) is 0.698. The van der Waals surface area contributed by atoms with Gasteiger partial charge in [-0.1, -0.05) is 0 Å². The van der Waals surface area contributed by atoms with Crippen molar-refractivity contribution in [3.05, 3.63) is 0 Å². The fourth-order valence-corrected chi connectivity index (χ4v) is 0. The third-order valence-electron chi connectivity index (χ3n) is 0. The van der Waals surface area contributed by atoms with E-state index < -0.39 is 10.4 Å². The van der Waals surface area contributed by atoms with Gasteiger partial charge >= 0.3 is 10.4 Å². The zero-order valence-electron chi connectivity index (χ0n) is 3.53. The van der Waals surface area contributed by atoms with Crippen LogP contribution in [-0.2, 0) is 10.4 Å². The number of hydrogen-bond donors (Lipinski definition) is 4. The summed E-state index contributed by atoms with van der Waals surface area (Å²) in [5.41, 5.74) is 0. The molecule has 7 heteroatoms. The molecule has 0 aliphatic heterocycles. The highest BCUT2D eigenvalue weighted by molar-refractivity contribution is 7.79. The van der Waals surface area contributed by atoms with E-state index in [1.54, 1.807) is 0 Å². The van der Waals surface area contributed by atoms with Gasteiger partial charge in [0.15, 0.2) is 0 Å². The molecule has 0 atom stereocenters. The van der Waals surface area contributed by atoms with Crippen molar-refractivity contribution in [1.29, 1.82) is 0 Å². The van der Waals surface area contributed by atoms with Crippen LogP contribution in [0.2, 0.25) is 0 Å². The highest BCUT2D eigenvalue weighted by atomic mass is 32.3. The van der Waals surface area contributed by atoms with Crippen molar-refractivity contribution in [2.75, 3.05) is 0 Å². The minimum Gasteiger partial charge on any atom is -0.344 e. The van der Waals surface area contributed by atoms with Crippen LogP contribution in [0.4, 0.5) is 0 Å². The van der Waals surface area contributed by atoms with Crippen LogP contribution in [0.15, 0.2) is 0 Å². The Morgan fingerprint density at radius 1 is 1.29 bits per heavy atom. The van der Waals surface area contributed by atoms with E-state index in [1.165, 1.54) is 0 Å². The summed E-state index contributed by atoms with van der Waals surface area (Å²) in [6.45, 7) is 0. The van der Waals surface area contributed by atoms with Gasteiger partial charge in [0.2, 0.25) is 0 Å². The van der Waals surface area contributed by atoms with Crippen molar-refractivity contribution >= 4 is 10.4 Å². The lowest BCUT2D eigenvalue weighted by Crippen LogP contribution is -1.89. The molecule has 0 aromatic rings. The Kier molecular flexibility index (Phi) is 8.97. The SMILES string of the molecule is N.N.O=S(O)(O)=[17O]. The predicted molar refractivity (Wildman–Crippen MR) is 24.2 cm³/mol. The van der Waals surface area contributed by atoms with Gasteiger partial charge in [0.05, 0.1) is 0 Å². The van der Waals surface area contributed by atoms with Gasteiger partial charge in [-0.05, 0) is 0 Å². The summed E-state index contributed by atoms with van der Waals surface area (Å²) in [5.74, 6) is 0. The second kappa shape index (κ2) is 3.96. The Labute approximate surface area is 41.3 Å². The van der Waals surface area contributed by atoms with Crippen molar-refractivity contribution in [2.24, 2.45) is 0 Å². The van der Waals surface area contributed by atoms with Crippen LogP contribution in [0.1, 0.15) is 0 Å². The van der Waals surface area contributed by atoms with Gasteiger partial charge in [-0.25, -0.2) is 0 Å². The van der Waals surface area contributed by atoms with Crippen molar-refractivity contribution in [2.45, 2.75) is 0 Å². The molecule has 0 amide bonds. The lowest BCUT2D eigenvalue weighted by atomic mass is 14.0. The first-order chi connectivity index (χ1) is 2.00. The van der Waals surface area contributed by atoms with Crippen LogP contribution < -0.4 is 12.3 Å². The maximum atomic E-state index is 8.74. The number of hydrogen-bond acceptors (Lipinski definition) is 4. The van der Waals surface area contributed by atoms with E-state index in [2.05, 4.69) is 0 Å². The second-order valence-corrected chi connectivity index (χ2v) is 1.34. The molecule has 0 saturated carbocycles. The summed E-state index contributed by atoms with van der Waals surface area (Å²) in [6, 6.07) is 0. The second-order valence-electron chi connectivity index (χ2n) is 0.448. The average Bonchev–Trinajstić information content (AvgIpc) is 0.722. The van der Waals surface area contributed by atoms with Crippen molar-refractivity contribution in [1.82, 2.24) is 12.3 Å². The predicted octanol–water partition coefficient (Wildman–Crippen LogP) is -0.329. The zero-order chi connectivity index (χ0) is 4.50. The molecule has 0 aliphatic rings. The number of rotatable bonds is 0.